The monoisotopic (exact) mass is 222 g/mol. The SMILES string of the molecule is C1=CC=C(c2ncc3ccccc3n2)NN=C1. The zero-order valence-corrected chi connectivity index (χ0v) is 9.04. The van der Waals surface area contributed by atoms with Gasteiger partial charge in [0.15, 0.2) is 5.82 Å². The maximum absolute atomic E-state index is 4.49. The van der Waals surface area contributed by atoms with Gasteiger partial charge in [-0.3, -0.25) is 5.43 Å². The molecule has 0 spiro atoms. The third-order valence-electron chi connectivity index (χ3n) is 2.45. The van der Waals surface area contributed by atoms with Crippen molar-refractivity contribution in [2.24, 2.45) is 5.10 Å². The molecule has 1 aliphatic heterocycles. The van der Waals surface area contributed by atoms with Gasteiger partial charge in [0.05, 0.1) is 5.52 Å². The molecule has 0 amide bonds. The molecule has 0 bridgehead atoms. The summed E-state index contributed by atoms with van der Waals surface area (Å²) in [5.74, 6) is 0.646. The lowest BCUT2D eigenvalue weighted by atomic mass is 10.2. The molecule has 17 heavy (non-hydrogen) atoms. The standard InChI is InChI=1S/C13H10N4/c1-2-6-11-10(5-1)9-14-13(16-11)12-7-3-4-8-15-17-12/h1-9,17H. The second-order valence-electron chi connectivity index (χ2n) is 3.61. The predicted molar refractivity (Wildman–Crippen MR) is 68.3 cm³/mol. The molecule has 1 aliphatic rings. The fourth-order valence-corrected chi connectivity index (χ4v) is 1.62. The van der Waals surface area contributed by atoms with Gasteiger partial charge in [-0.05, 0) is 18.2 Å². The van der Waals surface area contributed by atoms with E-state index >= 15 is 0 Å². The lowest BCUT2D eigenvalue weighted by Gasteiger charge is -2.04. The summed E-state index contributed by atoms with van der Waals surface area (Å²) < 4.78 is 0. The number of hydrogen-bond donors (Lipinski definition) is 1. The number of hydrogen-bond acceptors (Lipinski definition) is 4. The lowest BCUT2D eigenvalue weighted by molar-refractivity contribution is 0.969. The summed E-state index contributed by atoms with van der Waals surface area (Å²) in [6.45, 7) is 0. The van der Waals surface area contributed by atoms with Crippen molar-refractivity contribution in [3.8, 4) is 0 Å². The number of benzene rings is 1. The van der Waals surface area contributed by atoms with Crippen molar-refractivity contribution < 1.29 is 0 Å². The molecule has 0 saturated carbocycles. The van der Waals surface area contributed by atoms with Crippen molar-refractivity contribution >= 4 is 22.8 Å². The summed E-state index contributed by atoms with van der Waals surface area (Å²) in [6.07, 6.45) is 9.15. The second-order valence-corrected chi connectivity index (χ2v) is 3.61. The van der Waals surface area contributed by atoms with E-state index in [0.717, 1.165) is 16.6 Å². The van der Waals surface area contributed by atoms with Crippen LogP contribution in [0.25, 0.3) is 16.6 Å². The summed E-state index contributed by atoms with van der Waals surface area (Å²) in [6, 6.07) is 7.90. The van der Waals surface area contributed by atoms with E-state index in [1.165, 1.54) is 0 Å². The minimum Gasteiger partial charge on any atom is -0.275 e. The number of nitrogens with zero attached hydrogens (tertiary/aromatic N) is 3. The number of rotatable bonds is 1. The Hall–Kier alpha value is -2.49. The Balaban J connectivity index is 2.09. The zero-order valence-electron chi connectivity index (χ0n) is 9.04. The molecule has 0 radical (unpaired) electrons. The molecular weight excluding hydrogens is 212 g/mol. The largest absolute Gasteiger partial charge is 0.275 e. The van der Waals surface area contributed by atoms with Crippen molar-refractivity contribution in [1.82, 2.24) is 15.4 Å². The molecule has 0 saturated heterocycles. The van der Waals surface area contributed by atoms with Crippen molar-refractivity contribution in [2.45, 2.75) is 0 Å². The minimum atomic E-state index is 0.646. The van der Waals surface area contributed by atoms with E-state index in [0.29, 0.717) is 5.82 Å². The Bertz CT molecular complexity index is 641. The molecule has 1 aromatic heterocycles. The van der Waals surface area contributed by atoms with Crippen LogP contribution in [0.15, 0.2) is 53.8 Å². The molecule has 82 valence electrons. The summed E-state index contributed by atoms with van der Waals surface area (Å²) in [5, 5.41) is 5.03. The van der Waals surface area contributed by atoms with Crippen molar-refractivity contribution in [1.29, 1.82) is 0 Å². The number of aromatic nitrogens is 2. The molecule has 0 fully saturated rings. The predicted octanol–water partition coefficient (Wildman–Crippen LogP) is 2.12. The summed E-state index contributed by atoms with van der Waals surface area (Å²) in [5.41, 5.74) is 4.63. The topological polar surface area (TPSA) is 50.2 Å². The molecule has 0 unspecified atom stereocenters. The Kier molecular flexibility index (Phi) is 2.38. The third-order valence-corrected chi connectivity index (χ3v) is 2.45. The molecule has 4 nitrogen and oxygen atoms in total. The average Bonchev–Trinajstić information content (AvgIpc) is 2.67. The second kappa shape index (κ2) is 4.17. The van der Waals surface area contributed by atoms with Crippen LogP contribution in [0.2, 0.25) is 0 Å². The molecule has 2 heterocycles. The highest BCUT2D eigenvalue weighted by atomic mass is 15.3. The van der Waals surface area contributed by atoms with Gasteiger partial charge >= 0.3 is 0 Å². The van der Waals surface area contributed by atoms with Crippen LogP contribution in [-0.2, 0) is 0 Å². The van der Waals surface area contributed by atoms with Gasteiger partial charge in [0.25, 0.3) is 0 Å². The first kappa shape index (κ1) is 9.72. The fourth-order valence-electron chi connectivity index (χ4n) is 1.62. The van der Waals surface area contributed by atoms with Crippen molar-refractivity contribution in [3.05, 3.63) is 54.5 Å². The van der Waals surface area contributed by atoms with Gasteiger partial charge in [-0.25, -0.2) is 9.97 Å². The summed E-state index contributed by atoms with van der Waals surface area (Å²) in [7, 11) is 0. The van der Waals surface area contributed by atoms with Crippen LogP contribution in [0, 0.1) is 0 Å². The van der Waals surface area contributed by atoms with Gasteiger partial charge in [-0.1, -0.05) is 24.3 Å². The number of nitrogens with one attached hydrogen (secondary N) is 1. The highest BCUT2D eigenvalue weighted by Crippen LogP contribution is 2.13. The summed E-state index contributed by atoms with van der Waals surface area (Å²) >= 11 is 0. The number of fused-ring (bicyclic) bond motifs is 1. The number of allylic oxidation sites excluding steroid dienone is 3. The number of hydrazone groups is 1. The molecule has 2 aromatic rings. The molecular formula is C13H10N4. The zero-order chi connectivity index (χ0) is 11.5. The summed E-state index contributed by atoms with van der Waals surface area (Å²) in [4.78, 5) is 8.81. The Morgan fingerprint density at radius 2 is 2.00 bits per heavy atom. The first-order valence-corrected chi connectivity index (χ1v) is 5.32. The quantitative estimate of drug-likeness (QED) is 0.804. The van der Waals surface area contributed by atoms with Gasteiger partial charge in [0.2, 0.25) is 0 Å². The van der Waals surface area contributed by atoms with E-state index in [2.05, 4.69) is 20.5 Å². The van der Waals surface area contributed by atoms with Gasteiger partial charge in [-0.2, -0.15) is 5.10 Å². The van der Waals surface area contributed by atoms with Gasteiger partial charge in [0, 0.05) is 17.8 Å². The first-order chi connectivity index (χ1) is 8.43. The van der Waals surface area contributed by atoms with E-state index < -0.39 is 0 Å². The van der Waals surface area contributed by atoms with Crippen LogP contribution < -0.4 is 5.43 Å². The third kappa shape index (κ3) is 1.92. The van der Waals surface area contributed by atoms with Crippen molar-refractivity contribution in [2.75, 3.05) is 0 Å². The maximum atomic E-state index is 4.49. The van der Waals surface area contributed by atoms with E-state index in [-0.39, 0.29) is 0 Å². The van der Waals surface area contributed by atoms with Crippen LogP contribution in [0.4, 0.5) is 0 Å². The molecule has 4 heteroatoms. The molecule has 1 N–H and O–H groups in total. The molecule has 1 aromatic carbocycles. The van der Waals surface area contributed by atoms with E-state index in [4.69, 9.17) is 0 Å². The highest BCUT2D eigenvalue weighted by Gasteiger charge is 2.05. The van der Waals surface area contributed by atoms with Gasteiger partial charge in [0.1, 0.15) is 5.70 Å². The first-order valence-electron chi connectivity index (χ1n) is 5.32. The van der Waals surface area contributed by atoms with Gasteiger partial charge in [-0.15, -0.1) is 0 Å². The molecule has 0 aliphatic carbocycles. The Morgan fingerprint density at radius 3 is 3.00 bits per heavy atom. The van der Waals surface area contributed by atoms with E-state index in [9.17, 15) is 0 Å². The van der Waals surface area contributed by atoms with Crippen LogP contribution in [-0.4, -0.2) is 16.2 Å². The lowest BCUT2D eigenvalue weighted by Crippen LogP contribution is -2.07. The van der Waals surface area contributed by atoms with E-state index in [1.807, 2.05) is 48.7 Å². The van der Waals surface area contributed by atoms with Crippen molar-refractivity contribution in [3.63, 3.8) is 0 Å². The number of para-hydroxylation sites is 1. The van der Waals surface area contributed by atoms with Crippen LogP contribution >= 0.6 is 0 Å². The van der Waals surface area contributed by atoms with Crippen LogP contribution in [0.1, 0.15) is 5.82 Å². The Morgan fingerprint density at radius 1 is 1.06 bits per heavy atom. The smallest absolute Gasteiger partial charge is 0.178 e. The van der Waals surface area contributed by atoms with Crippen LogP contribution in [0.5, 0.6) is 0 Å². The van der Waals surface area contributed by atoms with Gasteiger partial charge < -0.3 is 0 Å². The average molecular weight is 222 g/mol. The fraction of sp³-hybridized carbons (Fsp3) is 0. The Labute approximate surface area is 98.4 Å². The normalized spacial score (nSPS) is 14.2. The van der Waals surface area contributed by atoms with E-state index in [1.54, 1.807) is 6.21 Å². The van der Waals surface area contributed by atoms with Crippen LogP contribution in [0.3, 0.4) is 0 Å². The molecule has 3 rings (SSSR count). The molecule has 0 atom stereocenters. The highest BCUT2D eigenvalue weighted by molar-refractivity contribution is 5.80. The maximum Gasteiger partial charge on any atom is 0.178 e. The minimum absolute atomic E-state index is 0.646.